The molecule has 0 spiro atoms. The molecular formula is C24H24N2O7. The van der Waals surface area contributed by atoms with Crippen LogP contribution in [0.3, 0.4) is 0 Å². The van der Waals surface area contributed by atoms with Crippen molar-refractivity contribution in [3.63, 3.8) is 0 Å². The minimum Gasteiger partial charge on any atom is -0.493 e. The minimum atomic E-state index is -0.563. The first-order chi connectivity index (χ1) is 16.0. The molecule has 1 aromatic heterocycles. The minimum absolute atomic E-state index is 0.0282. The number of rotatable bonds is 9. The molecule has 172 valence electrons. The Morgan fingerprint density at radius 2 is 1.45 bits per heavy atom. The van der Waals surface area contributed by atoms with Crippen molar-refractivity contribution in [2.45, 2.75) is 0 Å². The van der Waals surface area contributed by atoms with Crippen molar-refractivity contribution in [2.75, 3.05) is 33.8 Å². The van der Waals surface area contributed by atoms with Crippen molar-refractivity contribution in [1.82, 2.24) is 5.32 Å². The quantitative estimate of drug-likeness (QED) is 0.476. The van der Waals surface area contributed by atoms with Gasteiger partial charge in [0, 0.05) is 23.4 Å². The van der Waals surface area contributed by atoms with Crippen molar-refractivity contribution in [3.8, 4) is 23.0 Å². The van der Waals surface area contributed by atoms with E-state index in [0.29, 0.717) is 34.4 Å². The molecule has 1 heterocycles. The molecule has 2 N–H and O–H groups in total. The van der Waals surface area contributed by atoms with Gasteiger partial charge in [-0.2, -0.15) is 0 Å². The zero-order valence-corrected chi connectivity index (χ0v) is 18.6. The van der Waals surface area contributed by atoms with Crippen molar-refractivity contribution < 1.29 is 33.0 Å². The number of methoxy groups -OCH3 is 4. The smallest absolute Gasteiger partial charge is 0.272 e. The number of benzene rings is 2. The van der Waals surface area contributed by atoms with E-state index in [0.717, 1.165) is 0 Å². The Balaban J connectivity index is 1.86. The summed E-state index contributed by atoms with van der Waals surface area (Å²) < 4.78 is 26.2. The zero-order chi connectivity index (χ0) is 23.8. The Morgan fingerprint density at radius 3 is 2.06 bits per heavy atom. The maximum absolute atomic E-state index is 13.0. The zero-order valence-electron chi connectivity index (χ0n) is 18.6. The van der Waals surface area contributed by atoms with Crippen molar-refractivity contribution in [1.29, 1.82) is 0 Å². The third-order valence-electron chi connectivity index (χ3n) is 4.61. The number of carbonyl (C=O) groups excluding carboxylic acids is 2. The average molecular weight is 452 g/mol. The Morgan fingerprint density at radius 1 is 0.818 bits per heavy atom. The van der Waals surface area contributed by atoms with Gasteiger partial charge in [-0.25, -0.2) is 0 Å². The largest absolute Gasteiger partial charge is 0.493 e. The van der Waals surface area contributed by atoms with Gasteiger partial charge in [-0.1, -0.05) is 0 Å². The summed E-state index contributed by atoms with van der Waals surface area (Å²) in [4.78, 5) is 25.9. The Labute approximate surface area is 190 Å². The van der Waals surface area contributed by atoms with E-state index in [2.05, 4.69) is 10.6 Å². The van der Waals surface area contributed by atoms with Gasteiger partial charge >= 0.3 is 0 Å². The first kappa shape index (κ1) is 23.3. The molecule has 0 atom stereocenters. The standard InChI is InChI=1S/C24H24N2O7/c1-29-19-9-7-15(12-21(19)31-3)23(27)26-18(14-17-6-5-11-33-17)24(28)25-16-8-10-20(30-2)22(13-16)32-4/h5-14H,1-4H3,(H,25,28)(H,26,27)/b18-14-. The highest BCUT2D eigenvalue weighted by Gasteiger charge is 2.18. The van der Waals surface area contributed by atoms with Crippen LogP contribution in [-0.2, 0) is 4.79 Å². The number of amides is 2. The lowest BCUT2D eigenvalue weighted by Gasteiger charge is -2.14. The van der Waals surface area contributed by atoms with E-state index in [1.165, 1.54) is 46.8 Å². The second-order valence-electron chi connectivity index (χ2n) is 6.62. The van der Waals surface area contributed by atoms with Crippen LogP contribution in [0.15, 0.2) is 64.9 Å². The lowest BCUT2D eigenvalue weighted by molar-refractivity contribution is -0.113. The third-order valence-corrected chi connectivity index (χ3v) is 4.61. The Hall–Kier alpha value is -4.40. The fourth-order valence-electron chi connectivity index (χ4n) is 2.96. The summed E-state index contributed by atoms with van der Waals surface area (Å²) in [6.07, 6.45) is 2.89. The van der Waals surface area contributed by atoms with E-state index in [9.17, 15) is 9.59 Å². The predicted molar refractivity (Wildman–Crippen MR) is 122 cm³/mol. The molecule has 0 fully saturated rings. The highest BCUT2D eigenvalue weighted by Crippen LogP contribution is 2.30. The van der Waals surface area contributed by atoms with Crippen molar-refractivity contribution in [3.05, 3.63) is 71.8 Å². The summed E-state index contributed by atoms with van der Waals surface area (Å²) in [5.74, 6) is 1.14. The van der Waals surface area contributed by atoms with E-state index in [-0.39, 0.29) is 11.3 Å². The second kappa shape index (κ2) is 10.8. The topological polar surface area (TPSA) is 108 Å². The van der Waals surface area contributed by atoms with Crippen LogP contribution in [0.2, 0.25) is 0 Å². The SMILES string of the molecule is COc1ccc(NC(=O)/C(=C/c2ccco2)NC(=O)c2ccc(OC)c(OC)c2)cc1OC. The number of furan rings is 1. The number of hydrogen-bond donors (Lipinski definition) is 2. The van der Waals surface area contributed by atoms with Gasteiger partial charge in [0.2, 0.25) is 0 Å². The summed E-state index contributed by atoms with van der Waals surface area (Å²) >= 11 is 0. The van der Waals surface area contributed by atoms with E-state index >= 15 is 0 Å². The van der Waals surface area contributed by atoms with E-state index in [1.54, 1.807) is 42.5 Å². The third kappa shape index (κ3) is 5.65. The molecule has 3 rings (SSSR count). The summed E-state index contributed by atoms with van der Waals surface area (Å²) in [6, 6.07) is 12.9. The number of ether oxygens (including phenoxy) is 4. The second-order valence-corrected chi connectivity index (χ2v) is 6.62. The van der Waals surface area contributed by atoms with Gasteiger partial charge < -0.3 is 34.0 Å². The lowest BCUT2D eigenvalue weighted by Crippen LogP contribution is -2.30. The van der Waals surface area contributed by atoms with Gasteiger partial charge in [0.1, 0.15) is 11.5 Å². The van der Waals surface area contributed by atoms with Gasteiger partial charge in [-0.3, -0.25) is 9.59 Å². The fourth-order valence-corrected chi connectivity index (χ4v) is 2.96. The predicted octanol–water partition coefficient (Wildman–Crippen LogP) is 3.72. The molecule has 0 unspecified atom stereocenters. The van der Waals surface area contributed by atoms with Crippen LogP contribution in [0.25, 0.3) is 6.08 Å². The molecular weight excluding hydrogens is 428 g/mol. The molecule has 3 aromatic rings. The molecule has 0 aliphatic heterocycles. The van der Waals surface area contributed by atoms with Crippen LogP contribution >= 0.6 is 0 Å². The van der Waals surface area contributed by atoms with Crippen molar-refractivity contribution >= 4 is 23.6 Å². The monoisotopic (exact) mass is 452 g/mol. The highest BCUT2D eigenvalue weighted by molar-refractivity contribution is 6.10. The van der Waals surface area contributed by atoms with Crippen LogP contribution in [0.4, 0.5) is 5.69 Å². The van der Waals surface area contributed by atoms with Gasteiger partial charge in [0.05, 0.1) is 34.7 Å². The van der Waals surface area contributed by atoms with E-state index < -0.39 is 11.8 Å². The van der Waals surface area contributed by atoms with E-state index in [4.69, 9.17) is 23.4 Å². The molecule has 0 radical (unpaired) electrons. The summed E-state index contributed by atoms with van der Waals surface area (Å²) in [7, 11) is 5.98. The maximum atomic E-state index is 13.0. The Kier molecular flexibility index (Phi) is 7.59. The molecule has 2 aromatic carbocycles. The molecule has 0 aliphatic carbocycles. The highest BCUT2D eigenvalue weighted by atomic mass is 16.5. The van der Waals surface area contributed by atoms with E-state index in [1.807, 2.05) is 0 Å². The molecule has 33 heavy (non-hydrogen) atoms. The molecule has 0 saturated heterocycles. The first-order valence-corrected chi connectivity index (χ1v) is 9.81. The van der Waals surface area contributed by atoms with Crippen LogP contribution in [0, 0.1) is 0 Å². The van der Waals surface area contributed by atoms with Crippen LogP contribution in [0.5, 0.6) is 23.0 Å². The molecule has 2 amide bonds. The van der Waals surface area contributed by atoms with Gasteiger partial charge in [0.15, 0.2) is 23.0 Å². The number of anilines is 1. The lowest BCUT2D eigenvalue weighted by atomic mass is 10.1. The summed E-state index contributed by atoms with van der Waals surface area (Å²) in [5.41, 5.74) is 0.694. The average Bonchev–Trinajstić information content (AvgIpc) is 3.36. The number of nitrogens with one attached hydrogen (secondary N) is 2. The van der Waals surface area contributed by atoms with Crippen LogP contribution < -0.4 is 29.6 Å². The van der Waals surface area contributed by atoms with Crippen molar-refractivity contribution in [2.24, 2.45) is 0 Å². The van der Waals surface area contributed by atoms with Crippen LogP contribution in [0.1, 0.15) is 16.1 Å². The Bertz CT molecular complexity index is 1150. The molecule has 9 heteroatoms. The first-order valence-electron chi connectivity index (χ1n) is 9.81. The van der Waals surface area contributed by atoms with Crippen LogP contribution in [-0.4, -0.2) is 40.3 Å². The fraction of sp³-hybridized carbons (Fsp3) is 0.167. The molecule has 9 nitrogen and oxygen atoms in total. The molecule has 0 aliphatic rings. The molecule has 0 saturated carbocycles. The summed E-state index contributed by atoms with van der Waals surface area (Å²) in [5, 5.41) is 5.36. The normalized spacial score (nSPS) is 10.8. The summed E-state index contributed by atoms with van der Waals surface area (Å²) in [6.45, 7) is 0. The van der Waals surface area contributed by atoms with Gasteiger partial charge in [-0.05, 0) is 42.5 Å². The molecule has 0 bridgehead atoms. The van der Waals surface area contributed by atoms with Gasteiger partial charge in [0.25, 0.3) is 11.8 Å². The number of carbonyl (C=O) groups is 2. The maximum Gasteiger partial charge on any atom is 0.272 e. The number of hydrogen-bond acceptors (Lipinski definition) is 7. The van der Waals surface area contributed by atoms with Gasteiger partial charge in [-0.15, -0.1) is 0 Å².